The molecule has 5 atom stereocenters. The standard InChI is InChI=1S/C24H36Si/c1-14-11-21-12-19-9-8-10-20(19)13-22(21)23(14)25(6,7)24-17(4)15(2)16(3)18(24)5/h11-13,15-18,23-24H,8-10H2,1-7H3. The van der Waals surface area contributed by atoms with Gasteiger partial charge in [-0.25, -0.2) is 0 Å². The summed E-state index contributed by atoms with van der Waals surface area (Å²) in [6.07, 6.45) is 6.50. The molecule has 0 saturated heterocycles. The third kappa shape index (κ3) is 2.45. The van der Waals surface area contributed by atoms with Crippen LogP contribution in [0.5, 0.6) is 0 Å². The molecule has 0 amide bonds. The van der Waals surface area contributed by atoms with Gasteiger partial charge < -0.3 is 0 Å². The summed E-state index contributed by atoms with van der Waals surface area (Å²) in [6.45, 7) is 18.0. The minimum atomic E-state index is -1.46. The molecule has 0 N–H and O–H groups in total. The Morgan fingerprint density at radius 2 is 1.40 bits per heavy atom. The third-order valence-corrected chi connectivity index (χ3v) is 13.7. The van der Waals surface area contributed by atoms with Crippen LogP contribution < -0.4 is 0 Å². The molecule has 1 saturated carbocycles. The van der Waals surface area contributed by atoms with Crippen molar-refractivity contribution in [3.8, 4) is 0 Å². The first-order valence-electron chi connectivity index (χ1n) is 10.6. The predicted octanol–water partition coefficient (Wildman–Crippen LogP) is 6.85. The van der Waals surface area contributed by atoms with E-state index in [1.54, 1.807) is 27.8 Å². The van der Waals surface area contributed by atoms with Gasteiger partial charge in [0.05, 0.1) is 8.07 Å². The summed E-state index contributed by atoms with van der Waals surface area (Å²) in [4.78, 5) is 0. The van der Waals surface area contributed by atoms with Crippen LogP contribution in [0.4, 0.5) is 0 Å². The lowest BCUT2D eigenvalue weighted by Gasteiger charge is -2.42. The molecule has 0 radical (unpaired) electrons. The summed E-state index contributed by atoms with van der Waals surface area (Å²) in [5, 5.41) is 0. The van der Waals surface area contributed by atoms with Crippen LogP contribution in [0.15, 0.2) is 17.7 Å². The van der Waals surface area contributed by atoms with E-state index in [-0.39, 0.29) is 0 Å². The Bertz CT molecular complexity index is 712. The first-order valence-corrected chi connectivity index (χ1v) is 13.7. The van der Waals surface area contributed by atoms with Crippen LogP contribution in [0.1, 0.15) is 68.8 Å². The molecule has 136 valence electrons. The molecule has 1 aromatic rings. The summed E-state index contributed by atoms with van der Waals surface area (Å²) >= 11 is 0. The minimum absolute atomic E-state index is 0.737. The average molecular weight is 353 g/mol. The second-order valence-electron chi connectivity index (χ2n) is 10.2. The normalized spacial score (nSPS) is 37.2. The van der Waals surface area contributed by atoms with E-state index >= 15 is 0 Å². The lowest BCUT2D eigenvalue weighted by Crippen LogP contribution is -2.44. The Hall–Kier alpha value is -0.823. The van der Waals surface area contributed by atoms with Gasteiger partial charge in [-0.2, -0.15) is 0 Å². The molecule has 1 heteroatoms. The highest BCUT2D eigenvalue weighted by molar-refractivity contribution is 6.81. The first kappa shape index (κ1) is 17.6. The fourth-order valence-electron chi connectivity index (χ4n) is 7.24. The highest BCUT2D eigenvalue weighted by Gasteiger charge is 2.53. The van der Waals surface area contributed by atoms with E-state index in [2.05, 4.69) is 65.9 Å². The Morgan fingerprint density at radius 3 is 2.00 bits per heavy atom. The quantitative estimate of drug-likeness (QED) is 0.510. The molecular formula is C24H36Si. The van der Waals surface area contributed by atoms with E-state index in [4.69, 9.17) is 0 Å². The van der Waals surface area contributed by atoms with Gasteiger partial charge in [0.1, 0.15) is 0 Å². The van der Waals surface area contributed by atoms with Crippen molar-refractivity contribution in [3.63, 3.8) is 0 Å². The number of hydrogen-bond acceptors (Lipinski definition) is 0. The van der Waals surface area contributed by atoms with Gasteiger partial charge in [0, 0.05) is 5.54 Å². The third-order valence-electron chi connectivity index (χ3n) is 8.67. The van der Waals surface area contributed by atoms with E-state index in [1.165, 1.54) is 19.3 Å². The Balaban J connectivity index is 1.76. The van der Waals surface area contributed by atoms with Crippen LogP contribution in [0, 0.1) is 23.7 Å². The van der Waals surface area contributed by atoms with E-state index in [0.717, 1.165) is 34.8 Å². The molecule has 3 aliphatic carbocycles. The maximum atomic E-state index is 2.71. The molecule has 0 bridgehead atoms. The van der Waals surface area contributed by atoms with Crippen molar-refractivity contribution < 1.29 is 0 Å². The van der Waals surface area contributed by atoms with Gasteiger partial charge in [-0.15, -0.1) is 0 Å². The second-order valence-corrected chi connectivity index (χ2v) is 15.1. The van der Waals surface area contributed by atoms with Crippen molar-refractivity contribution in [3.05, 3.63) is 40.0 Å². The smallest absolute Gasteiger partial charge is 0.0635 e. The van der Waals surface area contributed by atoms with Crippen LogP contribution in [0.25, 0.3) is 6.08 Å². The van der Waals surface area contributed by atoms with Crippen LogP contribution >= 0.6 is 0 Å². The Labute approximate surface area is 156 Å². The maximum Gasteiger partial charge on any atom is 0.0635 e. The number of hydrogen-bond donors (Lipinski definition) is 0. The van der Waals surface area contributed by atoms with Gasteiger partial charge in [0.15, 0.2) is 0 Å². The molecule has 0 heterocycles. The van der Waals surface area contributed by atoms with Crippen molar-refractivity contribution in [2.75, 3.05) is 0 Å². The summed E-state index contributed by atoms with van der Waals surface area (Å²) in [7, 11) is -1.46. The van der Waals surface area contributed by atoms with Crippen molar-refractivity contribution in [2.45, 2.75) is 78.1 Å². The molecule has 0 nitrogen and oxygen atoms in total. The van der Waals surface area contributed by atoms with Gasteiger partial charge in [-0.3, -0.25) is 0 Å². The predicted molar refractivity (Wildman–Crippen MR) is 113 cm³/mol. The molecular weight excluding hydrogens is 316 g/mol. The second kappa shape index (κ2) is 5.84. The van der Waals surface area contributed by atoms with Crippen molar-refractivity contribution in [1.82, 2.24) is 0 Å². The highest BCUT2D eigenvalue weighted by atomic mass is 28.3. The SMILES string of the molecule is CC1=Cc2cc3c(cc2C1[Si](C)(C)C1C(C)C(C)C(C)C1C)CCC3. The summed E-state index contributed by atoms with van der Waals surface area (Å²) in [5.74, 6) is 3.49. The van der Waals surface area contributed by atoms with Gasteiger partial charge in [0.2, 0.25) is 0 Å². The molecule has 4 rings (SSSR count). The highest BCUT2D eigenvalue weighted by Crippen LogP contribution is 2.58. The Kier molecular flexibility index (Phi) is 4.11. The zero-order chi connectivity index (χ0) is 18.1. The Morgan fingerprint density at radius 1 is 0.840 bits per heavy atom. The van der Waals surface area contributed by atoms with Gasteiger partial charge in [-0.05, 0) is 77.7 Å². The van der Waals surface area contributed by atoms with E-state index in [0.29, 0.717) is 0 Å². The molecule has 1 fully saturated rings. The topological polar surface area (TPSA) is 0 Å². The number of aryl methyl sites for hydroxylation is 2. The molecule has 0 aliphatic heterocycles. The van der Waals surface area contributed by atoms with Crippen LogP contribution in [-0.2, 0) is 12.8 Å². The molecule has 0 aromatic heterocycles. The van der Waals surface area contributed by atoms with Crippen LogP contribution in [-0.4, -0.2) is 8.07 Å². The fraction of sp³-hybridized carbons (Fsp3) is 0.667. The maximum absolute atomic E-state index is 2.71. The fourth-order valence-corrected chi connectivity index (χ4v) is 13.2. The molecule has 25 heavy (non-hydrogen) atoms. The molecule has 0 spiro atoms. The average Bonchev–Trinajstić information content (AvgIpc) is 3.17. The van der Waals surface area contributed by atoms with Crippen LogP contribution in [0.2, 0.25) is 18.6 Å². The zero-order valence-corrected chi connectivity index (χ0v) is 18.3. The van der Waals surface area contributed by atoms with Crippen molar-refractivity contribution in [2.24, 2.45) is 23.7 Å². The summed E-state index contributed by atoms with van der Waals surface area (Å²) in [6, 6.07) is 5.17. The van der Waals surface area contributed by atoms with E-state index in [9.17, 15) is 0 Å². The largest absolute Gasteiger partial charge is 0.0684 e. The monoisotopic (exact) mass is 352 g/mol. The number of fused-ring (bicyclic) bond motifs is 2. The number of rotatable bonds is 2. The van der Waals surface area contributed by atoms with Gasteiger partial charge in [0.25, 0.3) is 0 Å². The number of allylic oxidation sites excluding steroid dienone is 1. The number of benzene rings is 1. The molecule has 1 aromatic carbocycles. The lowest BCUT2D eigenvalue weighted by atomic mass is 9.92. The summed E-state index contributed by atoms with van der Waals surface area (Å²) in [5.41, 5.74) is 9.87. The van der Waals surface area contributed by atoms with Crippen molar-refractivity contribution >= 4 is 14.1 Å². The molecule has 3 aliphatic rings. The lowest BCUT2D eigenvalue weighted by molar-refractivity contribution is 0.352. The van der Waals surface area contributed by atoms with E-state index < -0.39 is 8.07 Å². The summed E-state index contributed by atoms with van der Waals surface area (Å²) < 4.78 is 0. The zero-order valence-electron chi connectivity index (χ0n) is 17.3. The first-order chi connectivity index (χ1) is 11.7. The van der Waals surface area contributed by atoms with Crippen molar-refractivity contribution in [1.29, 1.82) is 0 Å². The van der Waals surface area contributed by atoms with E-state index in [1.807, 2.05) is 0 Å². The van der Waals surface area contributed by atoms with Gasteiger partial charge >= 0.3 is 0 Å². The van der Waals surface area contributed by atoms with Crippen LogP contribution in [0.3, 0.4) is 0 Å². The minimum Gasteiger partial charge on any atom is -0.0684 e. The molecule has 5 unspecified atom stereocenters. The van der Waals surface area contributed by atoms with Gasteiger partial charge in [-0.1, -0.05) is 64.6 Å².